The molecule has 0 aromatic heterocycles. The fourth-order valence-corrected chi connectivity index (χ4v) is 4.32. The van der Waals surface area contributed by atoms with Gasteiger partial charge in [-0.2, -0.15) is 0 Å². The van der Waals surface area contributed by atoms with E-state index in [9.17, 15) is 4.79 Å². The predicted octanol–water partition coefficient (Wildman–Crippen LogP) is 7.72. The van der Waals surface area contributed by atoms with E-state index in [0.29, 0.717) is 39.7 Å². The van der Waals surface area contributed by atoms with Crippen LogP contribution in [0.15, 0.2) is 41.3 Å². The monoisotopic (exact) mass is 476 g/mol. The van der Waals surface area contributed by atoms with Crippen LogP contribution in [-0.2, 0) is 9.53 Å². The molecule has 1 aliphatic heterocycles. The molecule has 1 aromatic rings. The Kier molecular flexibility index (Phi) is 8.96. The normalized spacial score (nSPS) is 16.2. The number of allylic oxidation sites excluding steroid dienone is 5. The number of methoxy groups -OCH3 is 1. The van der Waals surface area contributed by atoms with Crippen molar-refractivity contribution in [2.45, 2.75) is 60.5 Å². The van der Waals surface area contributed by atoms with Gasteiger partial charge in [0.15, 0.2) is 0 Å². The van der Waals surface area contributed by atoms with Gasteiger partial charge in [0.1, 0.15) is 27.9 Å². The summed E-state index contributed by atoms with van der Waals surface area (Å²) in [5, 5.41) is 0.318. The van der Waals surface area contributed by atoms with E-state index in [-0.39, 0.29) is 12.5 Å². The molecule has 0 saturated carbocycles. The van der Waals surface area contributed by atoms with Crippen LogP contribution in [0.3, 0.4) is 0 Å². The highest BCUT2D eigenvalue weighted by Crippen LogP contribution is 2.49. The second kappa shape index (κ2) is 11.1. The first kappa shape index (κ1) is 26.7. The molecule has 0 spiro atoms. The lowest BCUT2D eigenvalue weighted by Crippen LogP contribution is -2.35. The number of hydrogen-bond donors (Lipinski definition) is 0. The Morgan fingerprint density at radius 1 is 1.27 bits per heavy atom. The molecule has 0 fully saturated rings. The van der Waals surface area contributed by atoms with Crippen LogP contribution in [0.4, 0.5) is 4.39 Å². The first-order chi connectivity index (χ1) is 15.5. The van der Waals surface area contributed by atoms with Crippen molar-refractivity contribution in [2.75, 3.05) is 13.7 Å². The number of carbonyl (C=O) groups is 1. The molecule has 0 bridgehead atoms. The van der Waals surface area contributed by atoms with Crippen LogP contribution in [0.25, 0.3) is 11.6 Å². The van der Waals surface area contributed by atoms with Crippen molar-refractivity contribution >= 4 is 29.2 Å². The molecule has 0 aliphatic carbocycles. The molecule has 2 rings (SSSR count). The largest absolute Gasteiger partial charge is 0.494 e. The minimum atomic E-state index is -0.516. The average Bonchev–Trinajstić information content (AvgIpc) is 2.72. The number of ether oxygens (including phenoxy) is 3. The number of carbonyl (C=O) groups excluding carboxylic acids is 1. The number of fused-ring (bicyclic) bond motifs is 1. The summed E-state index contributed by atoms with van der Waals surface area (Å²) in [7, 11) is 1.51. The quantitative estimate of drug-likeness (QED) is 0.219. The molecule has 0 radical (unpaired) electrons. The van der Waals surface area contributed by atoms with E-state index in [1.54, 1.807) is 13.8 Å². The van der Waals surface area contributed by atoms with Crippen LogP contribution < -0.4 is 9.47 Å². The third-order valence-corrected chi connectivity index (χ3v) is 5.83. The molecule has 1 aliphatic rings. The number of hydrogen-bond acceptors (Lipinski definition) is 4. The van der Waals surface area contributed by atoms with E-state index >= 15 is 4.39 Å². The van der Waals surface area contributed by atoms with Crippen molar-refractivity contribution in [2.24, 2.45) is 5.92 Å². The highest BCUT2D eigenvalue weighted by Gasteiger charge is 2.35. The Labute approximate surface area is 201 Å². The minimum Gasteiger partial charge on any atom is -0.494 e. The van der Waals surface area contributed by atoms with Gasteiger partial charge in [0.2, 0.25) is 0 Å². The van der Waals surface area contributed by atoms with Crippen molar-refractivity contribution in [1.29, 1.82) is 0 Å². The Hall–Kier alpha value is -2.53. The molecular formula is C27H34ClFO4. The highest BCUT2D eigenvalue weighted by atomic mass is 35.5. The van der Waals surface area contributed by atoms with Gasteiger partial charge in [-0.15, -0.1) is 0 Å². The summed E-state index contributed by atoms with van der Waals surface area (Å²) in [4.78, 5) is 11.6. The smallest absolute Gasteiger partial charge is 0.330 e. The maximum Gasteiger partial charge on any atom is 0.330 e. The fourth-order valence-electron chi connectivity index (χ4n) is 4.00. The molecule has 180 valence electrons. The summed E-state index contributed by atoms with van der Waals surface area (Å²) >= 11 is 6.70. The summed E-state index contributed by atoms with van der Waals surface area (Å²) in [5.41, 5.74) is 3.00. The lowest BCUT2D eigenvalue weighted by atomic mass is 9.84. The van der Waals surface area contributed by atoms with Crippen molar-refractivity contribution in [3.8, 4) is 11.5 Å². The van der Waals surface area contributed by atoms with Gasteiger partial charge in [-0.25, -0.2) is 9.18 Å². The van der Waals surface area contributed by atoms with Gasteiger partial charge in [0.05, 0.1) is 13.7 Å². The van der Waals surface area contributed by atoms with Gasteiger partial charge in [-0.05, 0) is 75.0 Å². The Bertz CT molecular complexity index is 1030. The van der Waals surface area contributed by atoms with Crippen LogP contribution in [0.5, 0.6) is 11.5 Å². The highest BCUT2D eigenvalue weighted by molar-refractivity contribution is 6.34. The van der Waals surface area contributed by atoms with E-state index in [0.717, 1.165) is 11.1 Å². The third-order valence-electron chi connectivity index (χ3n) is 5.49. The predicted molar refractivity (Wildman–Crippen MR) is 133 cm³/mol. The van der Waals surface area contributed by atoms with Crippen molar-refractivity contribution in [3.05, 3.63) is 57.4 Å². The lowest BCUT2D eigenvalue weighted by molar-refractivity contribution is -0.137. The van der Waals surface area contributed by atoms with Gasteiger partial charge in [0, 0.05) is 17.2 Å². The van der Waals surface area contributed by atoms with Gasteiger partial charge < -0.3 is 14.2 Å². The maximum absolute atomic E-state index is 15.3. The van der Waals surface area contributed by atoms with E-state index in [4.69, 9.17) is 25.8 Å². The molecule has 0 amide bonds. The lowest BCUT2D eigenvalue weighted by Gasteiger charge is -2.37. The second-order valence-electron chi connectivity index (χ2n) is 8.71. The zero-order chi connectivity index (χ0) is 24.9. The van der Waals surface area contributed by atoms with Crippen LogP contribution in [0, 0.1) is 5.92 Å². The summed E-state index contributed by atoms with van der Waals surface area (Å²) < 4.78 is 32.1. The summed E-state index contributed by atoms with van der Waals surface area (Å²) in [6.07, 6.45) is 6.69. The molecule has 1 aromatic carbocycles. The van der Waals surface area contributed by atoms with Gasteiger partial charge in [-0.3, -0.25) is 0 Å². The van der Waals surface area contributed by atoms with E-state index in [1.807, 2.05) is 26.8 Å². The minimum absolute atomic E-state index is 0.271. The van der Waals surface area contributed by atoms with Crippen molar-refractivity contribution in [3.63, 3.8) is 0 Å². The van der Waals surface area contributed by atoms with Crippen molar-refractivity contribution in [1.82, 2.24) is 0 Å². The first-order valence-corrected chi connectivity index (χ1v) is 11.6. The van der Waals surface area contributed by atoms with Gasteiger partial charge in [-0.1, -0.05) is 38.4 Å². The summed E-state index contributed by atoms with van der Waals surface area (Å²) in [5.74, 6) is 0.276. The number of halogens is 2. The zero-order valence-corrected chi connectivity index (χ0v) is 21.5. The molecule has 1 heterocycles. The molecule has 0 unspecified atom stereocenters. The average molecular weight is 477 g/mol. The Morgan fingerprint density at radius 2 is 1.94 bits per heavy atom. The second-order valence-corrected chi connectivity index (χ2v) is 9.09. The van der Waals surface area contributed by atoms with E-state index < -0.39 is 17.4 Å². The standard InChI is InChI=1S/C27H34ClFO4/c1-9-19(22(29)12-11-17(5)13-23(30)32-10-2)20-14-18-15-21(16(3)4)27(6,7)33-25(18)24(28)26(20)31-8/h11-16H,9-10H2,1-8H3/b12-11+,17-13+,22-19+. The van der Waals surface area contributed by atoms with Crippen LogP contribution in [0.2, 0.25) is 5.02 Å². The van der Waals surface area contributed by atoms with Crippen LogP contribution in [-0.4, -0.2) is 25.3 Å². The molecule has 0 N–H and O–H groups in total. The van der Waals surface area contributed by atoms with E-state index in [2.05, 4.69) is 19.9 Å². The molecule has 6 heteroatoms. The summed E-state index contributed by atoms with van der Waals surface area (Å²) in [6, 6.07) is 1.87. The molecule has 0 atom stereocenters. The topological polar surface area (TPSA) is 44.8 Å². The summed E-state index contributed by atoms with van der Waals surface area (Å²) in [6.45, 7) is 13.8. The Morgan fingerprint density at radius 3 is 2.48 bits per heavy atom. The molecule has 4 nitrogen and oxygen atoms in total. The van der Waals surface area contributed by atoms with Gasteiger partial charge in [0.25, 0.3) is 0 Å². The molecular weight excluding hydrogens is 443 g/mol. The van der Waals surface area contributed by atoms with Crippen LogP contribution >= 0.6 is 11.6 Å². The maximum atomic E-state index is 15.3. The SMILES string of the molecule is CCOC(=O)/C=C(C)/C=C/C(F)=C(/CC)c1cc2c(c(Cl)c1OC)OC(C)(C)C(C(C)C)=C2. The molecule has 33 heavy (non-hydrogen) atoms. The van der Waals surface area contributed by atoms with E-state index in [1.165, 1.54) is 25.3 Å². The fraction of sp³-hybridized carbons (Fsp3) is 0.444. The molecule has 0 saturated heterocycles. The van der Waals surface area contributed by atoms with Crippen molar-refractivity contribution < 1.29 is 23.4 Å². The van der Waals surface area contributed by atoms with Crippen LogP contribution in [0.1, 0.15) is 66.0 Å². The number of benzene rings is 1. The number of esters is 1. The zero-order valence-electron chi connectivity index (χ0n) is 20.8. The third kappa shape index (κ3) is 6.08. The Balaban J connectivity index is 2.61. The first-order valence-electron chi connectivity index (χ1n) is 11.2. The number of rotatable bonds is 8. The van der Waals surface area contributed by atoms with Gasteiger partial charge >= 0.3 is 5.97 Å².